The second-order valence-electron chi connectivity index (χ2n) is 2.77. The van der Waals surface area contributed by atoms with Crippen LogP contribution in [0.1, 0.15) is 0 Å². The fraction of sp³-hybridized carbons (Fsp3) is 0.222. The molecule has 0 atom stereocenters. The molecule has 0 aliphatic rings. The van der Waals surface area contributed by atoms with Crippen molar-refractivity contribution in [1.82, 2.24) is 0 Å². The van der Waals surface area contributed by atoms with E-state index in [2.05, 4.69) is 4.74 Å². The summed E-state index contributed by atoms with van der Waals surface area (Å²) in [5.41, 5.74) is -0.413. The van der Waals surface area contributed by atoms with Gasteiger partial charge >= 0.3 is 11.7 Å². The highest BCUT2D eigenvalue weighted by atomic mass is 16.6. The molecule has 1 N–H and O–H groups in total. The van der Waals surface area contributed by atoms with E-state index in [4.69, 9.17) is 9.84 Å². The molecule has 0 aromatic heterocycles. The third-order valence-corrected chi connectivity index (χ3v) is 1.71. The first kappa shape index (κ1) is 11.8. The first-order valence-corrected chi connectivity index (χ1v) is 4.21. The first-order valence-electron chi connectivity index (χ1n) is 4.21. The number of esters is 1. The molecule has 0 radical (unpaired) electrons. The Kier molecular flexibility index (Phi) is 3.65. The summed E-state index contributed by atoms with van der Waals surface area (Å²) in [5.74, 6) is -1.01. The molecule has 7 heteroatoms. The van der Waals surface area contributed by atoms with E-state index in [9.17, 15) is 14.9 Å². The van der Waals surface area contributed by atoms with Crippen LogP contribution in [0.5, 0.6) is 11.5 Å². The molecule has 0 saturated carbocycles. The maximum atomic E-state index is 10.8. The Bertz CT molecular complexity index is 416. The van der Waals surface area contributed by atoms with Crippen LogP contribution in [-0.4, -0.2) is 29.7 Å². The number of carbonyl (C=O) groups excluding carboxylic acids is 1. The summed E-state index contributed by atoms with van der Waals surface area (Å²) in [6.07, 6.45) is 0. The van der Waals surface area contributed by atoms with Gasteiger partial charge in [-0.2, -0.15) is 0 Å². The van der Waals surface area contributed by atoms with Gasteiger partial charge in [0.25, 0.3) is 0 Å². The monoisotopic (exact) mass is 227 g/mol. The van der Waals surface area contributed by atoms with Crippen LogP contribution in [0.25, 0.3) is 0 Å². The average Bonchev–Trinajstić information content (AvgIpc) is 2.26. The Balaban J connectivity index is 2.87. The number of rotatable bonds is 4. The fourth-order valence-corrected chi connectivity index (χ4v) is 0.966. The highest BCUT2D eigenvalue weighted by Gasteiger charge is 2.17. The third-order valence-electron chi connectivity index (χ3n) is 1.71. The van der Waals surface area contributed by atoms with Gasteiger partial charge in [0.05, 0.1) is 18.1 Å². The fourth-order valence-electron chi connectivity index (χ4n) is 0.966. The lowest BCUT2D eigenvalue weighted by Gasteiger charge is -2.05. The standard InChI is InChI=1S/C9H9NO6/c1-15-9(12)5-16-8-3-2-6(11)4-7(8)10(13)14/h2-4,11H,5H2,1H3. The molecular formula is C9H9NO6. The Labute approximate surface area is 90.4 Å². The molecule has 1 rings (SSSR count). The zero-order valence-electron chi connectivity index (χ0n) is 8.37. The minimum Gasteiger partial charge on any atom is -0.508 e. The quantitative estimate of drug-likeness (QED) is 0.465. The van der Waals surface area contributed by atoms with E-state index >= 15 is 0 Å². The van der Waals surface area contributed by atoms with Crippen molar-refractivity contribution in [2.24, 2.45) is 0 Å². The number of nitro benzene ring substituents is 1. The van der Waals surface area contributed by atoms with Crippen LogP contribution in [0.2, 0.25) is 0 Å². The Morgan fingerprint density at radius 1 is 1.56 bits per heavy atom. The van der Waals surface area contributed by atoms with E-state index < -0.39 is 23.2 Å². The van der Waals surface area contributed by atoms with Crippen molar-refractivity contribution >= 4 is 11.7 Å². The predicted octanol–water partition coefficient (Wildman–Crippen LogP) is 0.852. The number of phenolic OH excluding ortho intramolecular Hbond substituents is 1. The largest absolute Gasteiger partial charge is 0.508 e. The van der Waals surface area contributed by atoms with Crippen molar-refractivity contribution in [2.45, 2.75) is 0 Å². The van der Waals surface area contributed by atoms with Gasteiger partial charge < -0.3 is 14.6 Å². The number of nitrogens with zero attached hydrogens (tertiary/aromatic N) is 1. The number of carbonyl (C=O) groups is 1. The number of hydrogen-bond donors (Lipinski definition) is 1. The van der Waals surface area contributed by atoms with Crippen LogP contribution in [0.4, 0.5) is 5.69 Å². The number of hydrogen-bond acceptors (Lipinski definition) is 6. The van der Waals surface area contributed by atoms with Crippen molar-refractivity contribution in [3.8, 4) is 11.5 Å². The van der Waals surface area contributed by atoms with Gasteiger partial charge in [-0.15, -0.1) is 0 Å². The molecule has 1 aromatic carbocycles. The minimum atomic E-state index is -0.716. The summed E-state index contributed by atoms with van der Waals surface area (Å²) < 4.78 is 9.19. The molecule has 0 spiro atoms. The van der Waals surface area contributed by atoms with Crippen LogP contribution in [-0.2, 0) is 9.53 Å². The summed E-state index contributed by atoms with van der Waals surface area (Å²) in [4.78, 5) is 20.6. The SMILES string of the molecule is COC(=O)COc1ccc(O)cc1[N+](=O)[O-]. The van der Waals surface area contributed by atoms with Gasteiger partial charge in [-0.1, -0.05) is 0 Å². The van der Waals surface area contributed by atoms with Gasteiger partial charge in [-0.25, -0.2) is 4.79 Å². The molecule has 7 nitrogen and oxygen atoms in total. The van der Waals surface area contributed by atoms with Crippen LogP contribution in [0.15, 0.2) is 18.2 Å². The van der Waals surface area contributed by atoms with E-state index in [1.165, 1.54) is 19.2 Å². The lowest BCUT2D eigenvalue weighted by Crippen LogP contribution is -2.13. The third kappa shape index (κ3) is 2.84. The van der Waals surface area contributed by atoms with E-state index in [0.29, 0.717) is 0 Å². The Morgan fingerprint density at radius 2 is 2.25 bits per heavy atom. The molecule has 0 amide bonds. The Hall–Kier alpha value is -2.31. The molecule has 86 valence electrons. The van der Waals surface area contributed by atoms with Gasteiger partial charge in [-0.3, -0.25) is 10.1 Å². The number of phenols is 1. The van der Waals surface area contributed by atoms with Gasteiger partial charge in [0.2, 0.25) is 0 Å². The summed E-state index contributed by atoms with van der Waals surface area (Å²) >= 11 is 0. The molecule has 0 saturated heterocycles. The lowest BCUT2D eigenvalue weighted by molar-refractivity contribution is -0.385. The highest BCUT2D eigenvalue weighted by Crippen LogP contribution is 2.30. The van der Waals surface area contributed by atoms with Gasteiger partial charge in [-0.05, 0) is 12.1 Å². The van der Waals surface area contributed by atoms with Crippen molar-refractivity contribution in [3.63, 3.8) is 0 Å². The number of aromatic hydroxyl groups is 1. The number of nitro groups is 1. The smallest absolute Gasteiger partial charge is 0.343 e. The summed E-state index contributed by atoms with van der Waals surface area (Å²) in [6, 6.07) is 3.36. The van der Waals surface area contributed by atoms with Crippen molar-refractivity contribution in [2.75, 3.05) is 13.7 Å². The lowest BCUT2D eigenvalue weighted by atomic mass is 10.3. The van der Waals surface area contributed by atoms with Crippen LogP contribution in [0.3, 0.4) is 0 Å². The van der Waals surface area contributed by atoms with Gasteiger partial charge in [0.15, 0.2) is 12.4 Å². The number of methoxy groups -OCH3 is 1. The van der Waals surface area contributed by atoms with Gasteiger partial charge in [0, 0.05) is 0 Å². The van der Waals surface area contributed by atoms with E-state index in [1.54, 1.807) is 0 Å². The molecule has 0 bridgehead atoms. The molecule has 0 heterocycles. The van der Waals surface area contributed by atoms with Crippen LogP contribution in [0, 0.1) is 10.1 Å². The number of benzene rings is 1. The first-order chi connectivity index (χ1) is 7.54. The molecule has 0 unspecified atom stereocenters. The predicted molar refractivity (Wildman–Crippen MR) is 52.3 cm³/mol. The molecule has 1 aromatic rings. The normalized spacial score (nSPS) is 9.56. The molecular weight excluding hydrogens is 218 g/mol. The van der Waals surface area contributed by atoms with E-state index in [0.717, 1.165) is 6.07 Å². The minimum absolute atomic E-state index is 0.104. The summed E-state index contributed by atoms with van der Waals surface area (Å²) in [5, 5.41) is 19.6. The zero-order chi connectivity index (χ0) is 12.1. The van der Waals surface area contributed by atoms with E-state index in [1.807, 2.05) is 0 Å². The maximum absolute atomic E-state index is 10.8. The summed E-state index contributed by atoms with van der Waals surface area (Å²) in [6.45, 7) is -0.428. The maximum Gasteiger partial charge on any atom is 0.343 e. The molecule has 16 heavy (non-hydrogen) atoms. The highest BCUT2D eigenvalue weighted by molar-refractivity contribution is 5.71. The van der Waals surface area contributed by atoms with Crippen LogP contribution >= 0.6 is 0 Å². The van der Waals surface area contributed by atoms with Crippen LogP contribution < -0.4 is 4.74 Å². The van der Waals surface area contributed by atoms with Crippen molar-refractivity contribution < 1.29 is 24.3 Å². The molecule has 0 aliphatic heterocycles. The molecule has 0 aliphatic carbocycles. The summed E-state index contributed by atoms with van der Waals surface area (Å²) in [7, 11) is 1.18. The average molecular weight is 227 g/mol. The second-order valence-corrected chi connectivity index (χ2v) is 2.77. The topological polar surface area (TPSA) is 98.9 Å². The van der Waals surface area contributed by atoms with E-state index in [-0.39, 0.29) is 11.5 Å². The van der Waals surface area contributed by atoms with Crippen molar-refractivity contribution in [1.29, 1.82) is 0 Å². The van der Waals surface area contributed by atoms with Crippen molar-refractivity contribution in [3.05, 3.63) is 28.3 Å². The van der Waals surface area contributed by atoms with Gasteiger partial charge in [0.1, 0.15) is 5.75 Å². The second kappa shape index (κ2) is 4.96. The zero-order valence-corrected chi connectivity index (χ0v) is 8.37. The molecule has 0 fully saturated rings. The Morgan fingerprint density at radius 3 is 2.81 bits per heavy atom. The number of ether oxygens (including phenoxy) is 2.